The third-order valence-corrected chi connectivity index (χ3v) is 4.22. The van der Waals surface area contributed by atoms with E-state index in [1.165, 1.54) is 0 Å². The molecule has 14 heteroatoms. The normalized spacial score (nSPS) is 47.0. The topological polar surface area (TPSA) is 219 Å². The van der Waals surface area contributed by atoms with Crippen molar-refractivity contribution in [2.75, 3.05) is 13.2 Å². The molecule has 10 atom stereocenters. The van der Waals surface area contributed by atoms with Crippen molar-refractivity contribution >= 4 is 7.32 Å². The maximum atomic E-state index is 10.2. The van der Waals surface area contributed by atoms with Gasteiger partial charge in [-0.05, 0) is 0 Å². The van der Waals surface area contributed by atoms with Crippen molar-refractivity contribution in [1.29, 1.82) is 0 Å². The van der Waals surface area contributed by atoms with E-state index in [0.29, 0.717) is 0 Å². The van der Waals surface area contributed by atoms with Crippen LogP contribution in [0.3, 0.4) is 0 Å². The van der Waals surface area contributed by atoms with Crippen LogP contribution in [0.5, 0.6) is 0 Å². The van der Waals surface area contributed by atoms with Crippen molar-refractivity contribution in [1.82, 2.24) is 0 Å². The smallest absolute Gasteiger partial charge is 0.402 e. The molecule has 2 heterocycles. The summed E-state index contributed by atoms with van der Waals surface area (Å²) >= 11 is 0. The second-order valence-corrected chi connectivity index (χ2v) is 5.97. The third kappa shape index (κ3) is 4.50. The molecular formula is C12H23BO13. The van der Waals surface area contributed by atoms with Gasteiger partial charge in [0.15, 0.2) is 12.6 Å². The fourth-order valence-corrected chi connectivity index (χ4v) is 2.78. The van der Waals surface area contributed by atoms with Crippen molar-refractivity contribution in [3.63, 3.8) is 0 Å². The molecule has 2 aliphatic heterocycles. The van der Waals surface area contributed by atoms with Gasteiger partial charge in [0, 0.05) is 0 Å². The Hall–Kier alpha value is -0.455. The molecule has 0 radical (unpaired) electrons. The Morgan fingerprint density at radius 2 is 1.19 bits per heavy atom. The lowest BCUT2D eigenvalue weighted by molar-refractivity contribution is -0.375. The number of rotatable bonds is 6. The average molecular weight is 386 g/mol. The van der Waals surface area contributed by atoms with Crippen LogP contribution in [0.2, 0.25) is 0 Å². The van der Waals surface area contributed by atoms with Crippen LogP contribution in [0.4, 0.5) is 0 Å². The van der Waals surface area contributed by atoms with Crippen molar-refractivity contribution in [2.45, 2.75) is 61.4 Å². The first-order chi connectivity index (χ1) is 12.2. The maximum absolute atomic E-state index is 10.2. The van der Waals surface area contributed by atoms with Crippen molar-refractivity contribution in [3.05, 3.63) is 0 Å². The monoisotopic (exact) mass is 386 g/mol. The molecule has 2 aliphatic rings. The number of hydrogen-bond donors (Lipinski definition) is 9. The number of ether oxygens (including phenoxy) is 3. The van der Waals surface area contributed by atoms with Gasteiger partial charge < -0.3 is 64.7 Å². The van der Waals surface area contributed by atoms with Crippen molar-refractivity contribution in [2.24, 2.45) is 0 Å². The molecule has 26 heavy (non-hydrogen) atoms. The molecular weight excluding hydrogens is 363 g/mol. The zero-order chi connectivity index (χ0) is 19.6. The van der Waals surface area contributed by atoms with Gasteiger partial charge in [0.2, 0.25) is 0 Å². The molecule has 0 aliphatic carbocycles. The van der Waals surface area contributed by atoms with Gasteiger partial charge >= 0.3 is 7.32 Å². The molecule has 2 rings (SSSR count). The van der Waals surface area contributed by atoms with Crippen LogP contribution in [-0.2, 0) is 18.9 Å². The van der Waals surface area contributed by atoms with E-state index in [1.807, 2.05) is 0 Å². The largest absolute Gasteiger partial charge is 0.634 e. The molecule has 0 unspecified atom stereocenters. The van der Waals surface area contributed by atoms with E-state index in [1.54, 1.807) is 0 Å². The summed E-state index contributed by atoms with van der Waals surface area (Å²) in [7, 11) is -2.35. The van der Waals surface area contributed by atoms with Gasteiger partial charge in [-0.3, -0.25) is 0 Å². The van der Waals surface area contributed by atoms with Gasteiger partial charge in [-0.2, -0.15) is 0 Å². The molecule has 9 N–H and O–H groups in total. The second kappa shape index (κ2) is 9.16. The minimum Gasteiger partial charge on any atom is -0.402 e. The molecule has 13 nitrogen and oxygen atoms in total. The highest BCUT2D eigenvalue weighted by Crippen LogP contribution is 2.29. The van der Waals surface area contributed by atoms with E-state index in [-0.39, 0.29) is 0 Å². The Bertz CT molecular complexity index is 439. The van der Waals surface area contributed by atoms with Gasteiger partial charge in [-0.25, -0.2) is 0 Å². The second-order valence-electron chi connectivity index (χ2n) is 5.97. The highest BCUT2D eigenvalue weighted by molar-refractivity contribution is 6.32. The zero-order valence-corrected chi connectivity index (χ0v) is 13.4. The van der Waals surface area contributed by atoms with Crippen LogP contribution < -0.4 is 0 Å². The van der Waals surface area contributed by atoms with E-state index in [9.17, 15) is 30.6 Å². The lowest BCUT2D eigenvalue weighted by Gasteiger charge is -2.45. The summed E-state index contributed by atoms with van der Waals surface area (Å²) in [6.45, 7) is -1.46. The summed E-state index contributed by atoms with van der Waals surface area (Å²) in [4.78, 5) is 0. The van der Waals surface area contributed by atoms with Gasteiger partial charge in [0.1, 0.15) is 48.8 Å². The quantitative estimate of drug-likeness (QED) is 0.194. The molecule has 152 valence electrons. The Balaban J connectivity index is 2.13. The fraction of sp³-hybridized carbons (Fsp3) is 1.00. The van der Waals surface area contributed by atoms with Gasteiger partial charge in [-0.15, -0.1) is 0 Å². The first-order valence-corrected chi connectivity index (χ1v) is 7.81. The molecule has 0 aromatic heterocycles. The molecule has 0 spiro atoms. The average Bonchev–Trinajstić information content (AvgIpc) is 2.60. The number of aliphatic hydroxyl groups excluding tert-OH is 7. The Morgan fingerprint density at radius 3 is 1.69 bits per heavy atom. The highest BCUT2D eigenvalue weighted by Gasteiger charge is 2.50. The van der Waals surface area contributed by atoms with Crippen LogP contribution in [0.1, 0.15) is 0 Å². The number of hydrogen-bond acceptors (Lipinski definition) is 13. The first-order valence-electron chi connectivity index (χ1n) is 7.81. The molecule has 2 saturated heterocycles. The standard InChI is InChI=1S/C12H23BO13/c14-1-3-5(16)7(18)8(19)11(23-3)25-12-9(20)10(26-13(21)22)6(17)4(2-15)24-12/h3-12,14-22H,1-2H2/t3-,4-,5-,6-,7+,8-,9-,10+,11-,12-/m1/s1. The van der Waals surface area contributed by atoms with Gasteiger partial charge in [0.05, 0.1) is 13.2 Å². The van der Waals surface area contributed by atoms with E-state index in [4.69, 9.17) is 29.4 Å². The molecule has 0 saturated carbocycles. The maximum Gasteiger partial charge on any atom is 0.634 e. The number of aliphatic hydroxyl groups is 7. The summed E-state index contributed by atoms with van der Waals surface area (Å²) in [5.41, 5.74) is 0. The third-order valence-electron chi connectivity index (χ3n) is 4.22. The molecule has 0 bridgehead atoms. The Morgan fingerprint density at radius 1 is 0.692 bits per heavy atom. The predicted molar refractivity (Wildman–Crippen MR) is 77.7 cm³/mol. The van der Waals surface area contributed by atoms with Crippen LogP contribution in [0.15, 0.2) is 0 Å². The van der Waals surface area contributed by atoms with E-state index in [2.05, 4.69) is 4.65 Å². The molecule has 2 fully saturated rings. The Labute approximate surface area is 147 Å². The summed E-state index contributed by atoms with van der Waals surface area (Å²) in [5.74, 6) is 0. The summed E-state index contributed by atoms with van der Waals surface area (Å²) in [5, 5.41) is 85.7. The van der Waals surface area contributed by atoms with Crippen LogP contribution in [0, 0.1) is 0 Å². The van der Waals surface area contributed by atoms with E-state index < -0.39 is 81.9 Å². The van der Waals surface area contributed by atoms with Crippen LogP contribution in [-0.4, -0.2) is 128 Å². The van der Waals surface area contributed by atoms with Crippen molar-refractivity contribution in [3.8, 4) is 0 Å². The minimum absolute atomic E-state index is 0.709. The Kier molecular flexibility index (Phi) is 7.69. The SMILES string of the molecule is OC[C@H]1O[C@H](O[C@H]2O[C@H](CO)[C@@H](O)[C@H](OB(O)O)[C@H]2O)[C@H](O)[C@@H](O)[C@@H]1O. The lowest BCUT2D eigenvalue weighted by Crippen LogP contribution is -2.64. The van der Waals surface area contributed by atoms with Crippen LogP contribution in [0.25, 0.3) is 0 Å². The minimum atomic E-state index is -2.35. The van der Waals surface area contributed by atoms with Gasteiger partial charge in [-0.1, -0.05) is 0 Å². The fourth-order valence-electron chi connectivity index (χ4n) is 2.78. The zero-order valence-electron chi connectivity index (χ0n) is 13.4. The van der Waals surface area contributed by atoms with Gasteiger partial charge in [0.25, 0.3) is 0 Å². The molecule has 0 aromatic carbocycles. The molecule has 0 amide bonds. The summed E-state index contributed by atoms with van der Waals surface area (Å²) in [6.07, 6.45) is -16.2. The summed E-state index contributed by atoms with van der Waals surface area (Å²) in [6, 6.07) is 0. The van der Waals surface area contributed by atoms with E-state index in [0.717, 1.165) is 0 Å². The summed E-state index contributed by atoms with van der Waals surface area (Å²) < 4.78 is 20.0. The lowest BCUT2D eigenvalue weighted by atomic mass is 9.97. The highest BCUT2D eigenvalue weighted by atomic mass is 16.8. The van der Waals surface area contributed by atoms with Crippen LogP contribution >= 0.6 is 0 Å². The predicted octanol–water partition coefficient (Wildman–Crippen LogP) is -6.40. The first kappa shape index (κ1) is 21.8. The van der Waals surface area contributed by atoms with Crippen molar-refractivity contribution < 1.29 is 64.7 Å². The van der Waals surface area contributed by atoms with E-state index >= 15 is 0 Å². The molecule has 0 aromatic rings.